The van der Waals surface area contributed by atoms with Crippen LogP contribution in [0.2, 0.25) is 0 Å². The number of nitrogens with zero attached hydrogens (tertiary/aromatic N) is 3. The van der Waals surface area contributed by atoms with Crippen molar-refractivity contribution in [3.8, 4) is 5.69 Å². The number of anilines is 1. The monoisotopic (exact) mass is 431 g/mol. The number of aromatic nitrogens is 3. The zero-order valence-electron chi connectivity index (χ0n) is 17.5. The molecule has 0 bridgehead atoms. The number of carbonyl (C=O) groups excluding carboxylic acids is 1. The molecule has 1 aromatic carbocycles. The second-order valence-corrected chi connectivity index (χ2v) is 7.43. The maximum absolute atomic E-state index is 13.0. The van der Waals surface area contributed by atoms with Gasteiger partial charge in [-0.05, 0) is 37.1 Å². The van der Waals surface area contributed by atoms with Crippen molar-refractivity contribution < 1.29 is 18.0 Å². The molecule has 0 atom stereocenters. The number of aryl methyl sites for hydroxylation is 1. The summed E-state index contributed by atoms with van der Waals surface area (Å²) in [6.07, 6.45) is -1.71. The van der Waals surface area contributed by atoms with E-state index in [-0.39, 0.29) is 30.7 Å². The number of rotatable bonds is 7. The first-order valence-corrected chi connectivity index (χ1v) is 9.87. The van der Waals surface area contributed by atoms with E-state index in [0.717, 1.165) is 23.0 Å². The number of benzene rings is 1. The normalized spacial score (nSPS) is 11.6. The lowest BCUT2D eigenvalue weighted by Crippen LogP contribution is -2.30. The summed E-state index contributed by atoms with van der Waals surface area (Å²) < 4.78 is 40.8. The number of hydrogen-bond donors (Lipinski definition) is 2. The molecule has 31 heavy (non-hydrogen) atoms. The minimum absolute atomic E-state index is 0.0329. The molecule has 2 aromatic heterocycles. The lowest BCUT2D eigenvalue weighted by Gasteiger charge is -2.14. The summed E-state index contributed by atoms with van der Waals surface area (Å²) in [5.41, 5.74) is 2.32. The van der Waals surface area contributed by atoms with E-state index >= 15 is 0 Å². The van der Waals surface area contributed by atoms with Gasteiger partial charge in [0.05, 0.1) is 28.7 Å². The summed E-state index contributed by atoms with van der Waals surface area (Å²) in [7, 11) is 0. The van der Waals surface area contributed by atoms with Crippen molar-refractivity contribution in [3.63, 3.8) is 0 Å². The highest BCUT2D eigenvalue weighted by Crippen LogP contribution is 2.33. The van der Waals surface area contributed by atoms with Crippen LogP contribution in [0.5, 0.6) is 0 Å². The largest absolute Gasteiger partial charge is 0.419 e. The van der Waals surface area contributed by atoms with Gasteiger partial charge in [0, 0.05) is 19.3 Å². The molecule has 164 valence electrons. The third-order valence-electron chi connectivity index (χ3n) is 4.69. The van der Waals surface area contributed by atoms with Crippen LogP contribution in [0.1, 0.15) is 46.9 Å². The molecule has 1 amide bonds. The van der Waals surface area contributed by atoms with Gasteiger partial charge in [0.2, 0.25) is 0 Å². The van der Waals surface area contributed by atoms with Crippen LogP contribution in [0.3, 0.4) is 0 Å². The van der Waals surface area contributed by atoms with E-state index in [2.05, 4.69) is 20.7 Å². The van der Waals surface area contributed by atoms with E-state index in [4.69, 9.17) is 0 Å². The molecule has 0 saturated carbocycles. The van der Waals surface area contributed by atoms with Crippen LogP contribution in [-0.4, -0.2) is 33.8 Å². The van der Waals surface area contributed by atoms with Crippen molar-refractivity contribution in [2.24, 2.45) is 0 Å². The van der Waals surface area contributed by atoms with Gasteiger partial charge in [-0.2, -0.15) is 18.3 Å². The Balaban J connectivity index is 1.67. The van der Waals surface area contributed by atoms with Crippen LogP contribution in [-0.2, 0) is 6.18 Å². The Kier molecular flexibility index (Phi) is 6.62. The smallest absolute Gasteiger partial charge is 0.368 e. The van der Waals surface area contributed by atoms with Gasteiger partial charge in [-0.25, -0.2) is 9.67 Å². The van der Waals surface area contributed by atoms with Crippen LogP contribution in [0.25, 0.3) is 5.69 Å². The van der Waals surface area contributed by atoms with E-state index in [1.807, 2.05) is 45.0 Å². The number of carbonyl (C=O) groups is 1. The summed E-state index contributed by atoms with van der Waals surface area (Å²) >= 11 is 0. The third kappa shape index (κ3) is 5.22. The van der Waals surface area contributed by atoms with Crippen LogP contribution < -0.4 is 10.6 Å². The standard InChI is InChI=1S/C22H24F3N5O/c1-14(2)19-17(13-29-30(19)16-8-6-15(3)7-9-16)21(31)28-12-11-27-20-18(22(23,24)25)5-4-10-26-20/h4-10,13-14H,11-12H2,1-3H3,(H,26,27)(H,28,31). The predicted octanol–water partition coefficient (Wildman–Crippen LogP) is 4.56. The third-order valence-corrected chi connectivity index (χ3v) is 4.69. The minimum Gasteiger partial charge on any atom is -0.368 e. The maximum Gasteiger partial charge on any atom is 0.419 e. The molecule has 0 aliphatic rings. The van der Waals surface area contributed by atoms with Crippen LogP contribution >= 0.6 is 0 Å². The van der Waals surface area contributed by atoms with E-state index in [1.54, 1.807) is 4.68 Å². The van der Waals surface area contributed by atoms with Crippen molar-refractivity contribution in [1.29, 1.82) is 0 Å². The molecule has 6 nitrogen and oxygen atoms in total. The maximum atomic E-state index is 13.0. The Bertz CT molecular complexity index is 1040. The molecular weight excluding hydrogens is 407 g/mol. The van der Waals surface area contributed by atoms with Crippen LogP contribution in [0.15, 0.2) is 48.8 Å². The van der Waals surface area contributed by atoms with E-state index < -0.39 is 11.7 Å². The quantitative estimate of drug-likeness (QED) is 0.538. The molecule has 0 unspecified atom stereocenters. The lowest BCUT2D eigenvalue weighted by molar-refractivity contribution is -0.137. The molecule has 3 rings (SSSR count). The average Bonchev–Trinajstić information content (AvgIpc) is 3.17. The Labute approximate surface area is 178 Å². The molecule has 0 spiro atoms. The Hall–Kier alpha value is -3.36. The van der Waals surface area contributed by atoms with Gasteiger partial charge in [-0.1, -0.05) is 31.5 Å². The average molecular weight is 431 g/mol. The molecule has 2 N–H and O–H groups in total. The number of pyridine rings is 1. The fraction of sp³-hybridized carbons (Fsp3) is 0.318. The van der Waals surface area contributed by atoms with Crippen molar-refractivity contribution in [3.05, 3.63) is 71.2 Å². The van der Waals surface area contributed by atoms with Gasteiger partial charge >= 0.3 is 6.18 Å². The van der Waals surface area contributed by atoms with Crippen molar-refractivity contribution in [2.75, 3.05) is 18.4 Å². The summed E-state index contributed by atoms with van der Waals surface area (Å²) in [5, 5.41) is 9.74. The summed E-state index contributed by atoms with van der Waals surface area (Å²) in [4.78, 5) is 16.5. The Morgan fingerprint density at radius 2 is 1.84 bits per heavy atom. The first kappa shape index (κ1) is 22.3. The van der Waals surface area contributed by atoms with Gasteiger partial charge in [-0.15, -0.1) is 0 Å². The highest BCUT2D eigenvalue weighted by molar-refractivity contribution is 5.95. The summed E-state index contributed by atoms with van der Waals surface area (Å²) in [6.45, 7) is 6.15. The van der Waals surface area contributed by atoms with E-state index in [0.29, 0.717) is 5.56 Å². The van der Waals surface area contributed by atoms with Gasteiger partial charge in [0.25, 0.3) is 5.91 Å². The molecule has 0 radical (unpaired) electrons. The van der Waals surface area contributed by atoms with Crippen molar-refractivity contribution in [2.45, 2.75) is 32.9 Å². The minimum atomic E-state index is -4.50. The summed E-state index contributed by atoms with van der Waals surface area (Å²) in [5.74, 6) is -0.564. The predicted molar refractivity (Wildman–Crippen MR) is 112 cm³/mol. The van der Waals surface area contributed by atoms with Crippen molar-refractivity contribution in [1.82, 2.24) is 20.1 Å². The number of alkyl halides is 3. The molecule has 2 heterocycles. The zero-order chi connectivity index (χ0) is 22.6. The first-order chi connectivity index (χ1) is 14.7. The van der Waals surface area contributed by atoms with Gasteiger partial charge in [0.1, 0.15) is 5.82 Å². The Morgan fingerprint density at radius 1 is 1.13 bits per heavy atom. The van der Waals surface area contributed by atoms with E-state index in [9.17, 15) is 18.0 Å². The second-order valence-electron chi connectivity index (χ2n) is 7.43. The lowest BCUT2D eigenvalue weighted by atomic mass is 10.0. The van der Waals surface area contributed by atoms with Gasteiger partial charge < -0.3 is 10.6 Å². The molecular formula is C22H24F3N5O. The molecule has 0 fully saturated rings. The highest BCUT2D eigenvalue weighted by atomic mass is 19.4. The highest BCUT2D eigenvalue weighted by Gasteiger charge is 2.34. The summed E-state index contributed by atoms with van der Waals surface area (Å²) in [6, 6.07) is 10.0. The molecule has 0 saturated heterocycles. The Morgan fingerprint density at radius 3 is 2.48 bits per heavy atom. The molecule has 0 aliphatic heterocycles. The zero-order valence-corrected chi connectivity index (χ0v) is 17.5. The number of halogens is 3. The fourth-order valence-corrected chi connectivity index (χ4v) is 3.21. The number of hydrogen-bond acceptors (Lipinski definition) is 4. The topological polar surface area (TPSA) is 71.8 Å². The van der Waals surface area contributed by atoms with Crippen LogP contribution in [0.4, 0.5) is 19.0 Å². The van der Waals surface area contributed by atoms with Crippen molar-refractivity contribution >= 4 is 11.7 Å². The SMILES string of the molecule is Cc1ccc(-n2ncc(C(=O)NCCNc3ncccc3C(F)(F)F)c2C(C)C)cc1. The van der Waals surface area contributed by atoms with Gasteiger partial charge in [-0.3, -0.25) is 4.79 Å². The number of nitrogens with one attached hydrogen (secondary N) is 2. The first-order valence-electron chi connectivity index (χ1n) is 9.87. The molecule has 3 aromatic rings. The van der Waals surface area contributed by atoms with Gasteiger partial charge in [0.15, 0.2) is 0 Å². The number of amides is 1. The van der Waals surface area contributed by atoms with Crippen LogP contribution in [0, 0.1) is 6.92 Å². The fourth-order valence-electron chi connectivity index (χ4n) is 3.21. The second kappa shape index (κ2) is 9.20. The molecule has 0 aliphatic carbocycles. The van der Waals surface area contributed by atoms with E-state index in [1.165, 1.54) is 18.5 Å². The molecule has 9 heteroatoms.